The number of carbonyl (C=O) groups excluding carboxylic acids is 2. The number of halogens is 1. The zero-order valence-corrected chi connectivity index (χ0v) is 20.3. The molecule has 0 radical (unpaired) electrons. The normalized spacial score (nSPS) is 11.1. The highest BCUT2D eigenvalue weighted by atomic mass is 35.5. The molecule has 2 amide bonds. The summed E-state index contributed by atoms with van der Waals surface area (Å²) in [5, 5.41) is 23.2. The van der Waals surface area contributed by atoms with E-state index in [4.69, 9.17) is 11.6 Å². The van der Waals surface area contributed by atoms with E-state index in [1.165, 1.54) is 10.9 Å². The molecule has 2 N–H and O–H groups in total. The van der Waals surface area contributed by atoms with Crippen molar-refractivity contribution in [2.75, 3.05) is 10.6 Å². The van der Waals surface area contributed by atoms with Crippen molar-refractivity contribution in [2.45, 2.75) is 40.9 Å². The lowest BCUT2D eigenvalue weighted by atomic mass is 10.3. The van der Waals surface area contributed by atoms with Crippen molar-refractivity contribution in [1.29, 1.82) is 0 Å². The zero-order valence-electron chi connectivity index (χ0n) is 19.5. The molecular formula is C21H25ClN10O2. The highest BCUT2D eigenvalue weighted by Gasteiger charge is 2.22. The first-order chi connectivity index (χ1) is 16.2. The predicted molar refractivity (Wildman–Crippen MR) is 126 cm³/mol. The van der Waals surface area contributed by atoms with Crippen molar-refractivity contribution in [3.8, 4) is 0 Å². The van der Waals surface area contributed by atoms with Crippen molar-refractivity contribution >= 4 is 34.8 Å². The van der Waals surface area contributed by atoms with Crippen molar-refractivity contribution in [1.82, 2.24) is 39.1 Å². The SMILES string of the molecule is CCn1ncc(NC(=O)c2ccn(Cn3nc(C)c(Cl)c3C)n2)c1C(=O)Nc1cnn(C)c1C. The van der Waals surface area contributed by atoms with Crippen LogP contribution in [0.15, 0.2) is 24.7 Å². The van der Waals surface area contributed by atoms with Gasteiger partial charge in [0, 0.05) is 19.8 Å². The van der Waals surface area contributed by atoms with Gasteiger partial charge in [0.2, 0.25) is 0 Å². The number of aryl methyl sites for hydroxylation is 3. The van der Waals surface area contributed by atoms with Crippen LogP contribution in [0.2, 0.25) is 5.02 Å². The van der Waals surface area contributed by atoms with Gasteiger partial charge in [-0.05, 0) is 33.8 Å². The summed E-state index contributed by atoms with van der Waals surface area (Å²) in [5.74, 6) is -0.870. The van der Waals surface area contributed by atoms with Crippen LogP contribution in [0, 0.1) is 20.8 Å². The fourth-order valence-electron chi connectivity index (χ4n) is 3.46. The first-order valence-corrected chi connectivity index (χ1v) is 11.0. The number of hydrogen-bond donors (Lipinski definition) is 2. The highest BCUT2D eigenvalue weighted by molar-refractivity contribution is 6.31. The van der Waals surface area contributed by atoms with Crippen molar-refractivity contribution in [3.63, 3.8) is 0 Å². The van der Waals surface area contributed by atoms with Crippen LogP contribution in [0.4, 0.5) is 11.4 Å². The summed E-state index contributed by atoms with van der Waals surface area (Å²) in [5.41, 5.74) is 3.62. The predicted octanol–water partition coefficient (Wildman–Crippen LogP) is 2.62. The van der Waals surface area contributed by atoms with Crippen LogP contribution in [0.3, 0.4) is 0 Å². The van der Waals surface area contributed by atoms with E-state index < -0.39 is 11.8 Å². The summed E-state index contributed by atoms with van der Waals surface area (Å²) in [6, 6.07) is 1.59. The van der Waals surface area contributed by atoms with Gasteiger partial charge in [-0.2, -0.15) is 20.4 Å². The van der Waals surface area contributed by atoms with Crippen molar-refractivity contribution in [3.05, 3.63) is 58.1 Å². The number of amides is 2. The lowest BCUT2D eigenvalue weighted by molar-refractivity contribution is 0.101. The van der Waals surface area contributed by atoms with Crippen LogP contribution in [-0.4, -0.2) is 50.9 Å². The van der Waals surface area contributed by atoms with Gasteiger partial charge < -0.3 is 10.6 Å². The summed E-state index contributed by atoms with van der Waals surface area (Å²) in [7, 11) is 1.79. The Hall–Kier alpha value is -3.93. The number of hydrogen-bond acceptors (Lipinski definition) is 6. The second-order valence-corrected chi connectivity index (χ2v) is 8.14. The molecule has 4 heterocycles. The van der Waals surface area contributed by atoms with Crippen LogP contribution in [0.5, 0.6) is 0 Å². The van der Waals surface area contributed by atoms with Gasteiger partial charge in [-0.25, -0.2) is 4.68 Å². The number of nitrogens with one attached hydrogen (secondary N) is 2. The maximum atomic E-state index is 13.0. The van der Waals surface area contributed by atoms with Gasteiger partial charge in [-0.1, -0.05) is 11.6 Å². The minimum atomic E-state index is -0.465. The Balaban J connectivity index is 1.51. The molecule has 34 heavy (non-hydrogen) atoms. The molecule has 12 nitrogen and oxygen atoms in total. The van der Waals surface area contributed by atoms with Crippen LogP contribution in [0.25, 0.3) is 0 Å². The third kappa shape index (κ3) is 4.31. The molecule has 0 saturated carbocycles. The van der Waals surface area contributed by atoms with Crippen LogP contribution in [0.1, 0.15) is 45.0 Å². The molecule has 0 aliphatic carbocycles. The number of rotatable bonds is 7. The van der Waals surface area contributed by atoms with Gasteiger partial charge in [-0.3, -0.25) is 23.6 Å². The Labute approximate surface area is 200 Å². The van der Waals surface area contributed by atoms with Gasteiger partial charge in [0.05, 0.1) is 45.9 Å². The quantitative estimate of drug-likeness (QED) is 0.414. The third-order valence-electron chi connectivity index (χ3n) is 5.53. The zero-order chi connectivity index (χ0) is 24.6. The molecule has 0 fully saturated rings. The standard InChI is InChI=1S/C21H25ClN10O2/c1-6-31-19(21(34)25-16-9-23-29(5)13(16)3)17(10-24-31)26-20(33)15-7-8-30(28-15)11-32-14(4)18(22)12(2)27-32/h7-10H,6,11H2,1-5H3,(H,25,34)(H,26,33). The number of anilines is 2. The summed E-state index contributed by atoms with van der Waals surface area (Å²) < 4.78 is 6.47. The first-order valence-electron chi connectivity index (χ1n) is 10.6. The molecule has 0 aromatic carbocycles. The lowest BCUT2D eigenvalue weighted by Gasteiger charge is -2.09. The lowest BCUT2D eigenvalue weighted by Crippen LogP contribution is -2.21. The fourth-order valence-corrected chi connectivity index (χ4v) is 3.59. The van der Waals surface area contributed by atoms with Crippen molar-refractivity contribution in [2.24, 2.45) is 7.05 Å². The first kappa shape index (κ1) is 23.2. The molecule has 4 rings (SSSR count). The maximum absolute atomic E-state index is 13.0. The molecule has 4 aromatic heterocycles. The molecule has 0 saturated heterocycles. The van der Waals surface area contributed by atoms with Crippen molar-refractivity contribution < 1.29 is 9.59 Å². The Kier molecular flexibility index (Phi) is 6.24. The summed E-state index contributed by atoms with van der Waals surface area (Å²) in [6.07, 6.45) is 4.69. The fraction of sp³-hybridized carbons (Fsp3) is 0.333. The van der Waals surface area contributed by atoms with Crippen LogP contribution >= 0.6 is 11.6 Å². The molecule has 4 aromatic rings. The van der Waals surface area contributed by atoms with Gasteiger partial charge in [0.15, 0.2) is 5.69 Å². The maximum Gasteiger partial charge on any atom is 0.276 e. The molecule has 0 aliphatic heterocycles. The topological polar surface area (TPSA) is 129 Å². The third-order valence-corrected chi connectivity index (χ3v) is 6.08. The summed E-state index contributed by atoms with van der Waals surface area (Å²) in [4.78, 5) is 25.9. The van der Waals surface area contributed by atoms with Gasteiger partial charge in [0.1, 0.15) is 12.4 Å². The van der Waals surface area contributed by atoms with E-state index in [9.17, 15) is 9.59 Å². The second kappa shape index (κ2) is 9.14. The Morgan fingerprint density at radius 3 is 2.29 bits per heavy atom. The molecular weight excluding hydrogens is 460 g/mol. The Morgan fingerprint density at radius 1 is 0.971 bits per heavy atom. The summed E-state index contributed by atoms with van der Waals surface area (Å²) in [6.45, 7) is 8.15. The average molecular weight is 485 g/mol. The van der Waals surface area contributed by atoms with Crippen LogP contribution in [-0.2, 0) is 20.3 Å². The molecule has 0 atom stereocenters. The molecule has 0 unspecified atom stereocenters. The smallest absolute Gasteiger partial charge is 0.276 e. The van der Waals surface area contributed by atoms with Crippen LogP contribution < -0.4 is 10.6 Å². The molecule has 0 bridgehead atoms. The van der Waals surface area contributed by atoms with Gasteiger partial charge >= 0.3 is 0 Å². The number of carbonyl (C=O) groups is 2. The Bertz CT molecular complexity index is 1380. The van der Waals surface area contributed by atoms with E-state index >= 15 is 0 Å². The number of nitrogens with zero attached hydrogens (tertiary/aromatic N) is 8. The minimum Gasteiger partial charge on any atom is -0.318 e. The monoisotopic (exact) mass is 484 g/mol. The Morgan fingerprint density at radius 2 is 1.68 bits per heavy atom. The van der Waals surface area contributed by atoms with E-state index in [0.717, 1.165) is 17.1 Å². The molecule has 0 spiro atoms. The van der Waals surface area contributed by atoms with E-state index in [1.807, 2.05) is 27.7 Å². The number of aromatic nitrogens is 8. The molecule has 13 heteroatoms. The van der Waals surface area contributed by atoms with Gasteiger partial charge in [-0.15, -0.1) is 0 Å². The van der Waals surface area contributed by atoms with E-state index in [2.05, 4.69) is 31.0 Å². The molecule has 178 valence electrons. The minimum absolute atomic E-state index is 0.186. The second-order valence-electron chi connectivity index (χ2n) is 7.76. The summed E-state index contributed by atoms with van der Waals surface area (Å²) >= 11 is 6.20. The van der Waals surface area contributed by atoms with E-state index in [-0.39, 0.29) is 17.1 Å². The molecule has 0 aliphatic rings. The van der Waals surface area contributed by atoms with E-state index in [1.54, 1.807) is 39.6 Å². The van der Waals surface area contributed by atoms with E-state index in [0.29, 0.717) is 23.9 Å². The average Bonchev–Trinajstić information content (AvgIpc) is 3.56. The largest absolute Gasteiger partial charge is 0.318 e. The highest BCUT2D eigenvalue weighted by Crippen LogP contribution is 2.21. The van der Waals surface area contributed by atoms with Gasteiger partial charge in [0.25, 0.3) is 11.8 Å².